The van der Waals surface area contributed by atoms with Gasteiger partial charge in [-0.15, -0.1) is 0 Å². The van der Waals surface area contributed by atoms with Crippen LogP contribution < -0.4 is 15.0 Å². The van der Waals surface area contributed by atoms with Gasteiger partial charge in [0.15, 0.2) is 11.9 Å². The topological polar surface area (TPSA) is 75.7 Å². The number of carbonyl (C=O) groups is 3. The van der Waals surface area contributed by atoms with Crippen molar-refractivity contribution in [1.29, 1.82) is 0 Å². The first-order valence-corrected chi connectivity index (χ1v) is 8.43. The Morgan fingerprint density at radius 2 is 1.92 bits per heavy atom. The van der Waals surface area contributed by atoms with Crippen LogP contribution in [-0.4, -0.2) is 30.2 Å². The molecule has 1 aliphatic rings. The van der Waals surface area contributed by atoms with Gasteiger partial charge in [0.2, 0.25) is 5.91 Å². The molecule has 3 rings (SSSR count). The fourth-order valence-electron chi connectivity index (χ4n) is 2.84. The number of nitrogens with zero attached hydrogens (tertiary/aromatic N) is 1. The van der Waals surface area contributed by atoms with Gasteiger partial charge in [-0.3, -0.25) is 14.4 Å². The number of amides is 2. The van der Waals surface area contributed by atoms with E-state index in [1.807, 2.05) is 12.1 Å². The van der Waals surface area contributed by atoms with Gasteiger partial charge in [-0.2, -0.15) is 0 Å². The van der Waals surface area contributed by atoms with Crippen molar-refractivity contribution in [1.82, 2.24) is 0 Å². The van der Waals surface area contributed by atoms with E-state index >= 15 is 0 Å². The number of nitrogens with one attached hydrogen (secondary N) is 1. The lowest BCUT2D eigenvalue weighted by Gasteiger charge is -2.32. The molecule has 134 valence electrons. The van der Waals surface area contributed by atoms with Crippen LogP contribution in [0.5, 0.6) is 5.75 Å². The number of hydrogen-bond acceptors (Lipinski definition) is 4. The van der Waals surface area contributed by atoms with E-state index in [9.17, 15) is 14.4 Å². The molecule has 6 heteroatoms. The summed E-state index contributed by atoms with van der Waals surface area (Å²) in [6, 6.07) is 14.0. The molecule has 0 saturated carbocycles. The highest BCUT2D eigenvalue weighted by Gasteiger charge is 2.31. The number of fused-ring (bicyclic) bond motifs is 1. The summed E-state index contributed by atoms with van der Waals surface area (Å²) in [7, 11) is 0. The monoisotopic (exact) mass is 352 g/mol. The van der Waals surface area contributed by atoms with E-state index in [0.29, 0.717) is 22.7 Å². The van der Waals surface area contributed by atoms with E-state index in [1.54, 1.807) is 48.2 Å². The molecule has 0 radical (unpaired) electrons. The average molecular weight is 352 g/mol. The minimum Gasteiger partial charge on any atom is -0.479 e. The Bertz CT molecular complexity index is 862. The second-order valence-corrected chi connectivity index (χ2v) is 6.15. The highest BCUT2D eigenvalue weighted by atomic mass is 16.5. The maximum atomic E-state index is 12.4. The number of benzene rings is 2. The smallest absolute Gasteiger partial charge is 0.267 e. The van der Waals surface area contributed by atoms with Crippen molar-refractivity contribution in [2.45, 2.75) is 26.4 Å². The summed E-state index contributed by atoms with van der Waals surface area (Å²) in [5.74, 6) is 0.171. The quantitative estimate of drug-likeness (QED) is 0.839. The number of Topliss-reactive ketones (excluding diaryl/α,β-unsaturated/α-hetero) is 1. The molecule has 1 aliphatic heterocycles. The van der Waals surface area contributed by atoms with Gasteiger partial charge in [-0.1, -0.05) is 24.3 Å². The summed E-state index contributed by atoms with van der Waals surface area (Å²) in [6.45, 7) is 3.42. The van der Waals surface area contributed by atoms with E-state index in [4.69, 9.17) is 4.74 Å². The molecule has 1 heterocycles. The van der Waals surface area contributed by atoms with Crippen LogP contribution in [0.25, 0.3) is 0 Å². The summed E-state index contributed by atoms with van der Waals surface area (Å²) in [5, 5.41) is 2.77. The molecule has 2 aromatic rings. The van der Waals surface area contributed by atoms with Crippen LogP contribution in [-0.2, 0) is 9.59 Å². The Morgan fingerprint density at radius 3 is 2.69 bits per heavy atom. The maximum Gasteiger partial charge on any atom is 0.267 e. The van der Waals surface area contributed by atoms with E-state index in [0.717, 1.165) is 0 Å². The van der Waals surface area contributed by atoms with Crippen LogP contribution in [0.3, 0.4) is 0 Å². The van der Waals surface area contributed by atoms with Gasteiger partial charge in [-0.25, -0.2) is 0 Å². The first-order valence-electron chi connectivity index (χ1n) is 8.43. The minimum atomic E-state index is -0.583. The molecule has 0 saturated heterocycles. The Labute approximate surface area is 151 Å². The van der Waals surface area contributed by atoms with Crippen LogP contribution in [0, 0.1) is 0 Å². The summed E-state index contributed by atoms with van der Waals surface area (Å²) >= 11 is 0. The maximum absolute atomic E-state index is 12.4. The zero-order valence-corrected chi connectivity index (χ0v) is 14.7. The Balaban J connectivity index is 1.67. The predicted octanol–water partition coefficient (Wildman–Crippen LogP) is 3.03. The van der Waals surface area contributed by atoms with Gasteiger partial charge in [-0.05, 0) is 38.1 Å². The molecule has 0 fully saturated rings. The van der Waals surface area contributed by atoms with E-state index < -0.39 is 6.10 Å². The zero-order valence-electron chi connectivity index (χ0n) is 14.7. The average Bonchev–Trinajstić information content (AvgIpc) is 2.62. The molecule has 1 unspecified atom stereocenters. The number of hydrogen-bond donors (Lipinski definition) is 1. The van der Waals surface area contributed by atoms with Crippen molar-refractivity contribution in [3.63, 3.8) is 0 Å². The molecule has 0 aromatic heterocycles. The first kappa shape index (κ1) is 17.7. The van der Waals surface area contributed by atoms with Crippen LogP contribution in [0.15, 0.2) is 48.5 Å². The summed E-state index contributed by atoms with van der Waals surface area (Å²) in [5.41, 5.74) is 1.76. The van der Waals surface area contributed by atoms with Crippen molar-refractivity contribution in [2.24, 2.45) is 0 Å². The molecule has 0 bridgehead atoms. The molecule has 0 aliphatic carbocycles. The predicted molar refractivity (Wildman–Crippen MR) is 98.6 cm³/mol. The van der Waals surface area contributed by atoms with Gasteiger partial charge < -0.3 is 15.0 Å². The second kappa shape index (κ2) is 7.39. The molecular formula is C20H20N2O4. The largest absolute Gasteiger partial charge is 0.479 e. The van der Waals surface area contributed by atoms with Gasteiger partial charge in [0.25, 0.3) is 5.91 Å². The zero-order chi connectivity index (χ0) is 18.7. The summed E-state index contributed by atoms with van der Waals surface area (Å²) in [6.07, 6.45) is -0.447. The normalized spacial score (nSPS) is 15.8. The van der Waals surface area contributed by atoms with Crippen LogP contribution in [0.4, 0.5) is 11.4 Å². The SMILES string of the molecule is CC(=O)c1cccc(NC(=O)CCN2C(=O)C(C)Oc3ccccc32)c1. The lowest BCUT2D eigenvalue weighted by molar-refractivity contribution is -0.125. The number of ether oxygens (including phenoxy) is 1. The number of ketones is 1. The van der Waals surface area contributed by atoms with Crippen molar-refractivity contribution in [2.75, 3.05) is 16.8 Å². The third kappa shape index (κ3) is 3.74. The minimum absolute atomic E-state index is 0.0643. The molecule has 1 atom stereocenters. The van der Waals surface area contributed by atoms with E-state index in [-0.39, 0.29) is 30.6 Å². The number of carbonyl (C=O) groups excluding carboxylic acids is 3. The van der Waals surface area contributed by atoms with Gasteiger partial charge in [0, 0.05) is 24.2 Å². The Hall–Kier alpha value is -3.15. The third-order valence-electron chi connectivity index (χ3n) is 4.19. The molecular weight excluding hydrogens is 332 g/mol. The van der Waals surface area contributed by atoms with Crippen molar-refractivity contribution >= 4 is 29.0 Å². The van der Waals surface area contributed by atoms with Crippen LogP contribution >= 0.6 is 0 Å². The van der Waals surface area contributed by atoms with Gasteiger partial charge >= 0.3 is 0 Å². The second-order valence-electron chi connectivity index (χ2n) is 6.15. The summed E-state index contributed by atoms with van der Waals surface area (Å²) in [4.78, 5) is 37.7. The number of para-hydroxylation sites is 2. The Morgan fingerprint density at radius 1 is 1.15 bits per heavy atom. The third-order valence-corrected chi connectivity index (χ3v) is 4.19. The molecule has 2 amide bonds. The first-order chi connectivity index (χ1) is 12.5. The highest BCUT2D eigenvalue weighted by molar-refractivity contribution is 6.01. The lowest BCUT2D eigenvalue weighted by atomic mass is 10.1. The molecule has 1 N–H and O–H groups in total. The van der Waals surface area contributed by atoms with Crippen molar-refractivity contribution in [3.8, 4) is 5.75 Å². The standard InChI is InChI=1S/C20H20N2O4/c1-13(23)15-6-5-7-16(12-15)21-19(24)10-11-22-17-8-3-4-9-18(17)26-14(2)20(22)25/h3-9,12,14H,10-11H2,1-2H3,(H,21,24). The van der Waals surface area contributed by atoms with Gasteiger partial charge in [0.05, 0.1) is 5.69 Å². The van der Waals surface area contributed by atoms with E-state index in [1.165, 1.54) is 6.92 Å². The number of anilines is 2. The van der Waals surface area contributed by atoms with Crippen molar-refractivity contribution in [3.05, 3.63) is 54.1 Å². The molecule has 6 nitrogen and oxygen atoms in total. The Kier molecular flexibility index (Phi) is 5.02. The van der Waals surface area contributed by atoms with Crippen molar-refractivity contribution < 1.29 is 19.1 Å². The lowest BCUT2D eigenvalue weighted by Crippen LogP contribution is -2.45. The molecule has 0 spiro atoms. The fourth-order valence-corrected chi connectivity index (χ4v) is 2.84. The van der Waals surface area contributed by atoms with E-state index in [2.05, 4.69) is 5.32 Å². The number of rotatable bonds is 5. The van der Waals surface area contributed by atoms with Gasteiger partial charge in [0.1, 0.15) is 5.75 Å². The van der Waals surface area contributed by atoms with Crippen LogP contribution in [0.2, 0.25) is 0 Å². The fraction of sp³-hybridized carbons (Fsp3) is 0.250. The molecule has 2 aromatic carbocycles. The summed E-state index contributed by atoms with van der Waals surface area (Å²) < 4.78 is 5.59. The molecule has 26 heavy (non-hydrogen) atoms. The van der Waals surface area contributed by atoms with Crippen LogP contribution in [0.1, 0.15) is 30.6 Å². The highest BCUT2D eigenvalue weighted by Crippen LogP contribution is 2.33.